The molecule has 1 fully saturated rings. The molecule has 24 heavy (non-hydrogen) atoms. The first-order valence-electron chi connectivity index (χ1n) is 7.64. The molecule has 2 aromatic rings. The second-order valence-electron chi connectivity index (χ2n) is 5.94. The topological polar surface area (TPSA) is 59.2 Å². The Morgan fingerprint density at radius 1 is 1.29 bits per heavy atom. The Morgan fingerprint density at radius 3 is 2.58 bits per heavy atom. The van der Waals surface area contributed by atoms with Crippen molar-refractivity contribution in [3.63, 3.8) is 0 Å². The number of likely N-dealkylation sites (tertiary alicyclic amines) is 1. The second-order valence-corrected chi connectivity index (χ2v) is 6.86. The molecule has 0 aliphatic carbocycles. The molecule has 0 bridgehead atoms. The van der Waals surface area contributed by atoms with Crippen LogP contribution in [0.25, 0.3) is 10.9 Å². The molecule has 0 radical (unpaired) electrons. The van der Waals surface area contributed by atoms with Crippen molar-refractivity contribution < 1.29 is 4.79 Å². The van der Waals surface area contributed by atoms with Crippen LogP contribution in [0.15, 0.2) is 28.7 Å². The normalized spacial score (nSPS) is 14.9. The summed E-state index contributed by atoms with van der Waals surface area (Å²) < 4.78 is 0.972. The van der Waals surface area contributed by atoms with Gasteiger partial charge in [-0.05, 0) is 50.4 Å². The van der Waals surface area contributed by atoms with Crippen LogP contribution >= 0.6 is 40.7 Å². The van der Waals surface area contributed by atoms with Crippen LogP contribution in [0.3, 0.4) is 0 Å². The van der Waals surface area contributed by atoms with Crippen molar-refractivity contribution in [2.45, 2.75) is 19.8 Å². The molecule has 132 valence electrons. The number of carbonyl (C=O) groups is 1. The fourth-order valence-corrected chi connectivity index (χ4v) is 3.40. The molecule has 4 nitrogen and oxygen atoms in total. The quantitative estimate of drug-likeness (QED) is 0.777. The number of rotatable bonds is 2. The molecule has 1 aromatic carbocycles. The number of benzene rings is 1. The summed E-state index contributed by atoms with van der Waals surface area (Å²) in [6.07, 6.45) is 1.99. The predicted molar refractivity (Wildman–Crippen MR) is 106 cm³/mol. The van der Waals surface area contributed by atoms with Crippen LogP contribution in [-0.2, 0) is 0 Å². The Morgan fingerprint density at radius 2 is 1.96 bits per heavy atom. The lowest BCUT2D eigenvalue weighted by Gasteiger charge is -2.31. The number of nitrogens with zero attached hydrogens (tertiary/aromatic N) is 2. The predicted octanol–water partition coefficient (Wildman–Crippen LogP) is 3.96. The Balaban J connectivity index is 0.00000144. The van der Waals surface area contributed by atoms with Gasteiger partial charge >= 0.3 is 0 Å². The number of piperidine rings is 1. The number of aromatic nitrogens is 1. The van der Waals surface area contributed by atoms with Gasteiger partial charge in [0, 0.05) is 28.6 Å². The molecule has 0 saturated carbocycles. The molecule has 0 unspecified atom stereocenters. The van der Waals surface area contributed by atoms with Crippen LogP contribution in [-0.4, -0.2) is 35.4 Å². The number of carbonyl (C=O) groups excluding carboxylic acids is 1. The van der Waals surface area contributed by atoms with E-state index in [0.717, 1.165) is 52.6 Å². The lowest BCUT2D eigenvalue weighted by molar-refractivity contribution is 0.0695. The largest absolute Gasteiger partial charge is 0.339 e. The number of pyridine rings is 1. The summed E-state index contributed by atoms with van der Waals surface area (Å²) in [5.41, 5.74) is 8.20. The zero-order chi connectivity index (χ0) is 15.7. The van der Waals surface area contributed by atoms with E-state index >= 15 is 0 Å². The first-order chi connectivity index (χ1) is 10.6. The van der Waals surface area contributed by atoms with Gasteiger partial charge in [-0.15, -0.1) is 24.8 Å². The molecule has 1 aliphatic rings. The molecule has 1 aliphatic heterocycles. The van der Waals surface area contributed by atoms with Crippen LogP contribution in [0, 0.1) is 12.8 Å². The van der Waals surface area contributed by atoms with Gasteiger partial charge in [0.2, 0.25) is 0 Å². The van der Waals surface area contributed by atoms with Crippen molar-refractivity contribution in [2.24, 2.45) is 11.7 Å². The summed E-state index contributed by atoms with van der Waals surface area (Å²) in [4.78, 5) is 19.4. The first kappa shape index (κ1) is 21.2. The van der Waals surface area contributed by atoms with Crippen molar-refractivity contribution in [1.29, 1.82) is 0 Å². The fraction of sp³-hybridized carbons (Fsp3) is 0.412. The van der Waals surface area contributed by atoms with E-state index in [0.29, 0.717) is 12.5 Å². The minimum absolute atomic E-state index is 0. The summed E-state index contributed by atoms with van der Waals surface area (Å²) >= 11 is 3.46. The Labute approximate surface area is 163 Å². The molecule has 1 aromatic heterocycles. The summed E-state index contributed by atoms with van der Waals surface area (Å²) in [6.45, 7) is 4.23. The number of amides is 1. The fourth-order valence-electron chi connectivity index (χ4n) is 3.05. The van der Waals surface area contributed by atoms with Gasteiger partial charge in [-0.25, -0.2) is 0 Å². The first-order valence-corrected chi connectivity index (χ1v) is 8.44. The van der Waals surface area contributed by atoms with Crippen LogP contribution < -0.4 is 5.73 Å². The van der Waals surface area contributed by atoms with E-state index in [1.807, 2.05) is 36.1 Å². The SMILES string of the molecule is Cc1cc(C(=O)N2CCC(CN)CC2)c2ccc(Br)cc2n1.Cl.Cl. The van der Waals surface area contributed by atoms with E-state index in [9.17, 15) is 4.79 Å². The van der Waals surface area contributed by atoms with E-state index in [-0.39, 0.29) is 30.7 Å². The molecule has 1 saturated heterocycles. The summed E-state index contributed by atoms with van der Waals surface area (Å²) in [5, 5.41) is 0.916. The average Bonchev–Trinajstić information content (AvgIpc) is 2.53. The molecule has 1 amide bonds. The lowest BCUT2D eigenvalue weighted by Crippen LogP contribution is -2.40. The van der Waals surface area contributed by atoms with Gasteiger partial charge in [0.15, 0.2) is 0 Å². The molecular formula is C17H22BrCl2N3O. The third-order valence-corrected chi connectivity index (χ3v) is 4.86. The Kier molecular flexibility index (Phi) is 7.93. The summed E-state index contributed by atoms with van der Waals surface area (Å²) in [7, 11) is 0. The van der Waals surface area contributed by atoms with Gasteiger partial charge in [0.25, 0.3) is 5.91 Å². The summed E-state index contributed by atoms with van der Waals surface area (Å²) in [6, 6.07) is 7.77. The molecular weight excluding hydrogens is 413 g/mol. The standard InChI is InChI=1S/C17H20BrN3O.2ClH/c1-11-8-15(14-3-2-13(18)9-16(14)20-11)17(22)21-6-4-12(10-19)5-7-21;;/h2-3,8-9,12H,4-7,10,19H2,1H3;2*1H. The molecule has 2 heterocycles. The van der Waals surface area contributed by atoms with E-state index in [2.05, 4.69) is 20.9 Å². The average molecular weight is 435 g/mol. The van der Waals surface area contributed by atoms with Gasteiger partial charge in [0.1, 0.15) is 0 Å². The van der Waals surface area contributed by atoms with Crippen molar-refractivity contribution in [3.8, 4) is 0 Å². The third-order valence-electron chi connectivity index (χ3n) is 4.37. The van der Waals surface area contributed by atoms with Crippen molar-refractivity contribution in [2.75, 3.05) is 19.6 Å². The minimum Gasteiger partial charge on any atom is -0.339 e. The number of halogens is 3. The van der Waals surface area contributed by atoms with E-state index < -0.39 is 0 Å². The number of fused-ring (bicyclic) bond motifs is 1. The maximum atomic E-state index is 12.9. The molecule has 0 atom stereocenters. The zero-order valence-electron chi connectivity index (χ0n) is 13.5. The maximum absolute atomic E-state index is 12.9. The highest BCUT2D eigenvalue weighted by atomic mass is 79.9. The van der Waals surface area contributed by atoms with Crippen LogP contribution in [0.2, 0.25) is 0 Å². The number of nitrogens with two attached hydrogens (primary N) is 1. The molecule has 7 heteroatoms. The lowest BCUT2D eigenvalue weighted by atomic mass is 9.96. The van der Waals surface area contributed by atoms with Gasteiger partial charge in [-0.3, -0.25) is 9.78 Å². The van der Waals surface area contributed by atoms with Crippen molar-refractivity contribution in [1.82, 2.24) is 9.88 Å². The van der Waals surface area contributed by atoms with Gasteiger partial charge in [-0.1, -0.05) is 22.0 Å². The van der Waals surface area contributed by atoms with E-state index in [1.54, 1.807) is 0 Å². The number of hydrogen-bond donors (Lipinski definition) is 1. The van der Waals surface area contributed by atoms with E-state index in [1.165, 1.54) is 0 Å². The second kappa shape index (κ2) is 8.99. The van der Waals surface area contributed by atoms with Crippen molar-refractivity contribution in [3.05, 3.63) is 40.0 Å². The number of hydrogen-bond acceptors (Lipinski definition) is 3. The molecule has 2 N–H and O–H groups in total. The number of aryl methyl sites for hydroxylation is 1. The van der Waals surface area contributed by atoms with Crippen molar-refractivity contribution >= 4 is 57.6 Å². The minimum atomic E-state index is 0. The van der Waals surface area contributed by atoms with Gasteiger partial charge in [-0.2, -0.15) is 0 Å². The zero-order valence-corrected chi connectivity index (χ0v) is 16.7. The van der Waals surface area contributed by atoms with Crippen LogP contribution in [0.4, 0.5) is 0 Å². The molecule has 0 spiro atoms. The highest BCUT2D eigenvalue weighted by molar-refractivity contribution is 9.10. The summed E-state index contributed by atoms with van der Waals surface area (Å²) in [5.74, 6) is 0.657. The monoisotopic (exact) mass is 433 g/mol. The molecule has 3 rings (SSSR count). The van der Waals surface area contributed by atoms with Gasteiger partial charge < -0.3 is 10.6 Å². The Hall–Kier alpha value is -0.880. The highest BCUT2D eigenvalue weighted by Crippen LogP contribution is 2.25. The maximum Gasteiger partial charge on any atom is 0.254 e. The third kappa shape index (κ3) is 4.39. The van der Waals surface area contributed by atoms with E-state index in [4.69, 9.17) is 5.73 Å². The van der Waals surface area contributed by atoms with Crippen LogP contribution in [0.1, 0.15) is 28.9 Å². The smallest absolute Gasteiger partial charge is 0.254 e. The van der Waals surface area contributed by atoms with Gasteiger partial charge in [0.05, 0.1) is 11.1 Å². The highest BCUT2D eigenvalue weighted by Gasteiger charge is 2.24. The Bertz CT molecular complexity index is 713. The van der Waals surface area contributed by atoms with Crippen LogP contribution in [0.5, 0.6) is 0 Å².